The zero-order valence-electron chi connectivity index (χ0n) is 10.5. The third kappa shape index (κ3) is 4.29. The first-order valence-corrected chi connectivity index (χ1v) is 5.62. The average Bonchev–Trinajstić information content (AvgIpc) is 2.39. The Morgan fingerprint density at radius 1 is 1.50 bits per heavy atom. The first-order chi connectivity index (χ1) is 8.67. The van der Waals surface area contributed by atoms with Gasteiger partial charge in [-0.3, -0.25) is 0 Å². The van der Waals surface area contributed by atoms with Crippen LogP contribution in [0.3, 0.4) is 0 Å². The highest BCUT2D eigenvalue weighted by atomic mass is 16.5. The van der Waals surface area contributed by atoms with E-state index in [2.05, 4.69) is 13.3 Å². The molecule has 0 saturated heterocycles. The van der Waals surface area contributed by atoms with E-state index in [-0.39, 0.29) is 0 Å². The maximum absolute atomic E-state index is 11.1. The van der Waals surface area contributed by atoms with Crippen LogP contribution >= 0.6 is 0 Å². The summed E-state index contributed by atoms with van der Waals surface area (Å²) in [5.41, 5.74) is 1.43. The molecule has 0 unspecified atom stereocenters. The van der Waals surface area contributed by atoms with Crippen molar-refractivity contribution in [1.29, 1.82) is 0 Å². The van der Waals surface area contributed by atoms with Crippen molar-refractivity contribution in [1.82, 2.24) is 0 Å². The first-order valence-electron chi connectivity index (χ1n) is 5.62. The lowest BCUT2D eigenvalue weighted by molar-refractivity contribution is -0.349. The van der Waals surface area contributed by atoms with E-state index in [1.807, 2.05) is 25.1 Å². The molecule has 1 aromatic rings. The summed E-state index contributed by atoms with van der Waals surface area (Å²) in [6, 6.07) is 7.17. The SMILES string of the molecule is C=C/C=C\C(=C/C)OCc1cccc([N+](=C)[O-])c1. The van der Waals surface area contributed by atoms with Crippen molar-refractivity contribution >= 4 is 12.4 Å². The lowest BCUT2D eigenvalue weighted by atomic mass is 10.2. The standard InChI is InChI=1S/C15H17NO2/c1-4-6-10-15(5-2)18-12-13-8-7-9-14(11-13)16(3)17/h4-11H,1,3,12H2,2H3/b10-6-,15-5+. The predicted molar refractivity (Wildman–Crippen MR) is 74.7 cm³/mol. The maximum atomic E-state index is 11.1. The molecule has 0 atom stereocenters. The fourth-order valence-corrected chi connectivity index (χ4v) is 1.36. The smallest absolute Gasteiger partial charge is 0.216 e. The summed E-state index contributed by atoms with van der Waals surface area (Å²) in [5, 5.41) is 11.1. The summed E-state index contributed by atoms with van der Waals surface area (Å²) in [4.78, 5) is 0. The molecule has 3 nitrogen and oxygen atoms in total. The Morgan fingerprint density at radius 3 is 2.89 bits per heavy atom. The highest BCUT2D eigenvalue weighted by Crippen LogP contribution is 2.15. The van der Waals surface area contributed by atoms with Gasteiger partial charge in [0.2, 0.25) is 5.69 Å². The second kappa shape index (κ2) is 7.12. The monoisotopic (exact) mass is 243 g/mol. The van der Waals surface area contributed by atoms with Gasteiger partial charge in [-0.05, 0) is 24.6 Å². The van der Waals surface area contributed by atoms with Crippen LogP contribution in [0.4, 0.5) is 5.69 Å². The third-order valence-electron chi connectivity index (χ3n) is 2.29. The molecule has 0 amide bonds. The molecule has 0 spiro atoms. The Kier molecular flexibility index (Phi) is 5.45. The van der Waals surface area contributed by atoms with Gasteiger partial charge in [0.15, 0.2) is 0 Å². The normalized spacial score (nSPS) is 11.5. The van der Waals surface area contributed by atoms with Gasteiger partial charge in [-0.15, -0.1) is 0 Å². The molecule has 0 aliphatic rings. The number of ether oxygens (including phenoxy) is 1. The molecule has 18 heavy (non-hydrogen) atoms. The summed E-state index contributed by atoms with van der Waals surface area (Å²) in [6.45, 7) is 9.21. The molecule has 0 aromatic heterocycles. The van der Waals surface area contributed by atoms with Crippen LogP contribution in [0.1, 0.15) is 12.5 Å². The van der Waals surface area contributed by atoms with E-state index in [1.165, 1.54) is 0 Å². The van der Waals surface area contributed by atoms with Gasteiger partial charge in [-0.1, -0.05) is 30.9 Å². The van der Waals surface area contributed by atoms with Crippen LogP contribution in [0.5, 0.6) is 0 Å². The van der Waals surface area contributed by atoms with E-state index in [4.69, 9.17) is 4.74 Å². The second-order valence-electron chi connectivity index (χ2n) is 3.62. The Bertz CT molecular complexity index is 487. The van der Waals surface area contributed by atoms with Crippen molar-refractivity contribution in [2.24, 2.45) is 0 Å². The molecule has 94 valence electrons. The van der Waals surface area contributed by atoms with Crippen LogP contribution in [0.25, 0.3) is 0 Å². The average molecular weight is 243 g/mol. The van der Waals surface area contributed by atoms with E-state index < -0.39 is 0 Å². The van der Waals surface area contributed by atoms with Gasteiger partial charge in [-0.2, -0.15) is 4.74 Å². The van der Waals surface area contributed by atoms with Crippen molar-refractivity contribution in [3.05, 3.63) is 71.7 Å². The largest absolute Gasteiger partial charge is 0.619 e. The zero-order valence-corrected chi connectivity index (χ0v) is 10.5. The van der Waals surface area contributed by atoms with Crippen molar-refractivity contribution < 1.29 is 9.48 Å². The number of hydrogen-bond donors (Lipinski definition) is 0. The Balaban J connectivity index is 2.68. The molecule has 0 saturated carbocycles. The van der Waals surface area contributed by atoms with Gasteiger partial charge < -0.3 is 9.94 Å². The van der Waals surface area contributed by atoms with Crippen LogP contribution < -0.4 is 0 Å². The van der Waals surface area contributed by atoms with Crippen molar-refractivity contribution in [3.63, 3.8) is 0 Å². The summed E-state index contributed by atoms with van der Waals surface area (Å²) < 4.78 is 6.18. The van der Waals surface area contributed by atoms with Gasteiger partial charge >= 0.3 is 0 Å². The lowest BCUT2D eigenvalue weighted by Crippen LogP contribution is -1.94. The minimum Gasteiger partial charge on any atom is -0.619 e. The van der Waals surface area contributed by atoms with Crippen LogP contribution in [0.2, 0.25) is 0 Å². The highest BCUT2D eigenvalue weighted by molar-refractivity contribution is 5.37. The molecule has 1 rings (SSSR count). The fraction of sp³-hybridized carbons (Fsp3) is 0.133. The zero-order chi connectivity index (χ0) is 13.4. The van der Waals surface area contributed by atoms with Crippen LogP contribution in [0, 0.1) is 5.21 Å². The van der Waals surface area contributed by atoms with E-state index in [1.54, 1.807) is 30.4 Å². The summed E-state index contributed by atoms with van der Waals surface area (Å²) in [7, 11) is 0. The molecular weight excluding hydrogens is 226 g/mol. The quantitative estimate of drug-likeness (QED) is 0.191. The van der Waals surface area contributed by atoms with Crippen LogP contribution in [-0.2, 0) is 11.3 Å². The first kappa shape index (κ1) is 13.8. The predicted octanol–water partition coefficient (Wildman–Crippen LogP) is 3.69. The number of nitrogens with zero attached hydrogens (tertiary/aromatic N) is 1. The number of benzene rings is 1. The Morgan fingerprint density at radius 2 is 2.28 bits per heavy atom. The van der Waals surface area contributed by atoms with Gasteiger partial charge in [0.05, 0.1) is 0 Å². The van der Waals surface area contributed by atoms with Gasteiger partial charge in [0.25, 0.3) is 0 Å². The molecule has 3 heteroatoms. The van der Waals surface area contributed by atoms with E-state index in [9.17, 15) is 5.21 Å². The van der Waals surface area contributed by atoms with Crippen molar-refractivity contribution in [3.8, 4) is 0 Å². The lowest BCUT2D eigenvalue weighted by Gasteiger charge is -2.07. The molecule has 1 aromatic carbocycles. The minimum absolute atomic E-state index is 0.406. The van der Waals surface area contributed by atoms with E-state index in [0.717, 1.165) is 11.3 Å². The molecule has 0 bridgehead atoms. The molecule has 0 aliphatic heterocycles. The highest BCUT2D eigenvalue weighted by Gasteiger charge is 2.01. The molecule has 0 aliphatic carbocycles. The number of allylic oxidation sites excluding steroid dienone is 4. The van der Waals surface area contributed by atoms with Gasteiger partial charge in [-0.25, -0.2) is 0 Å². The van der Waals surface area contributed by atoms with E-state index in [0.29, 0.717) is 17.0 Å². The van der Waals surface area contributed by atoms with E-state index >= 15 is 0 Å². The molecule has 0 fully saturated rings. The van der Waals surface area contributed by atoms with Gasteiger partial charge in [0, 0.05) is 12.1 Å². The molecule has 0 heterocycles. The van der Waals surface area contributed by atoms with Crippen LogP contribution in [-0.4, -0.2) is 11.5 Å². The van der Waals surface area contributed by atoms with Gasteiger partial charge in [0.1, 0.15) is 19.1 Å². The van der Waals surface area contributed by atoms with Crippen molar-refractivity contribution in [2.45, 2.75) is 13.5 Å². The van der Waals surface area contributed by atoms with Crippen LogP contribution in [0.15, 0.2) is 60.9 Å². The minimum atomic E-state index is 0.406. The third-order valence-corrected chi connectivity index (χ3v) is 2.29. The summed E-state index contributed by atoms with van der Waals surface area (Å²) in [6.07, 6.45) is 7.19. The number of hydrogen-bond acceptors (Lipinski definition) is 2. The number of rotatable bonds is 6. The van der Waals surface area contributed by atoms with Crippen molar-refractivity contribution in [2.75, 3.05) is 0 Å². The molecular formula is C15H17NO2. The molecule has 0 radical (unpaired) electrons. The summed E-state index contributed by atoms with van der Waals surface area (Å²) in [5.74, 6) is 0.758. The second-order valence-corrected chi connectivity index (χ2v) is 3.62. The molecule has 0 N–H and O–H groups in total. The maximum Gasteiger partial charge on any atom is 0.216 e. The Labute approximate surface area is 108 Å². The topological polar surface area (TPSA) is 35.3 Å². The Hall–Kier alpha value is -2.29. The summed E-state index contributed by atoms with van der Waals surface area (Å²) >= 11 is 0. The fourth-order valence-electron chi connectivity index (χ4n) is 1.36.